The lowest BCUT2D eigenvalue weighted by molar-refractivity contribution is -0.114. The largest absolute Gasteiger partial charge is 0.378 e. The highest BCUT2D eigenvalue weighted by Gasteiger charge is 2.18. The van der Waals surface area contributed by atoms with Gasteiger partial charge < -0.3 is 15.0 Å². The van der Waals surface area contributed by atoms with Gasteiger partial charge in [0.25, 0.3) is 5.91 Å². The molecule has 2 aromatic heterocycles. The fraction of sp³-hybridized carbons (Fsp3) is 0.250. The molecule has 150 valence electrons. The van der Waals surface area contributed by atoms with E-state index in [4.69, 9.17) is 4.74 Å². The fourth-order valence-corrected chi connectivity index (χ4v) is 4.72. The molecular formula is C20H20N4O3S2. The van der Waals surface area contributed by atoms with Gasteiger partial charge in [-0.15, -0.1) is 11.3 Å². The topological polar surface area (TPSA) is 83.6 Å². The van der Waals surface area contributed by atoms with Crippen LogP contribution in [0.5, 0.6) is 0 Å². The number of hydrogen-bond donors (Lipinski definition) is 2. The Bertz CT molecular complexity index is 993. The maximum atomic E-state index is 12.7. The Labute approximate surface area is 176 Å². The number of ether oxygens (including phenoxy) is 1. The smallest absolute Gasteiger partial charge is 0.257 e. The molecule has 0 atom stereocenters. The molecule has 7 nitrogen and oxygen atoms in total. The number of carbonyl (C=O) groups is 2. The third-order valence-electron chi connectivity index (χ3n) is 4.40. The second-order valence-corrected chi connectivity index (χ2v) is 8.40. The monoisotopic (exact) mass is 428 g/mol. The van der Waals surface area contributed by atoms with Crippen LogP contribution >= 0.6 is 22.7 Å². The van der Waals surface area contributed by atoms with Gasteiger partial charge in [0.2, 0.25) is 5.91 Å². The van der Waals surface area contributed by atoms with E-state index in [1.807, 2.05) is 41.8 Å². The molecule has 1 saturated heterocycles. The van der Waals surface area contributed by atoms with Crippen LogP contribution in [0.1, 0.15) is 17.3 Å². The zero-order valence-corrected chi connectivity index (χ0v) is 17.4. The summed E-state index contributed by atoms with van der Waals surface area (Å²) < 4.78 is 5.37. The number of amides is 2. The van der Waals surface area contributed by atoms with Gasteiger partial charge in [-0.25, -0.2) is 4.98 Å². The zero-order valence-electron chi connectivity index (χ0n) is 15.8. The quantitative estimate of drug-likeness (QED) is 0.644. The second kappa shape index (κ2) is 8.73. The maximum absolute atomic E-state index is 12.7. The van der Waals surface area contributed by atoms with Crippen LogP contribution in [0.4, 0.5) is 15.8 Å². The minimum atomic E-state index is -0.237. The fourth-order valence-electron chi connectivity index (χ4n) is 3.01. The number of rotatable bonds is 5. The van der Waals surface area contributed by atoms with Gasteiger partial charge in [0.15, 0.2) is 5.13 Å². The highest BCUT2D eigenvalue weighted by atomic mass is 32.1. The first kappa shape index (κ1) is 19.6. The number of aromatic nitrogens is 1. The number of hydrogen-bond acceptors (Lipinski definition) is 7. The number of benzene rings is 1. The van der Waals surface area contributed by atoms with E-state index in [0.29, 0.717) is 21.4 Å². The van der Waals surface area contributed by atoms with E-state index in [0.717, 1.165) is 36.9 Å². The molecule has 0 radical (unpaired) electrons. The van der Waals surface area contributed by atoms with Gasteiger partial charge in [-0.1, -0.05) is 17.4 Å². The van der Waals surface area contributed by atoms with Crippen molar-refractivity contribution in [2.75, 3.05) is 41.8 Å². The van der Waals surface area contributed by atoms with Gasteiger partial charge in [-0.2, -0.15) is 0 Å². The SMILES string of the molecule is CC(=O)Nc1sc(NC(=O)c2ccc(N3CCOCC3)cc2)nc1-c1cccs1. The molecule has 1 aromatic carbocycles. The van der Waals surface area contributed by atoms with Gasteiger partial charge in [0, 0.05) is 31.3 Å². The van der Waals surface area contributed by atoms with Crippen LogP contribution in [-0.2, 0) is 9.53 Å². The summed E-state index contributed by atoms with van der Waals surface area (Å²) in [6.07, 6.45) is 0. The van der Waals surface area contributed by atoms with E-state index >= 15 is 0 Å². The molecule has 1 aliphatic heterocycles. The van der Waals surface area contributed by atoms with Crippen molar-refractivity contribution in [3.63, 3.8) is 0 Å². The molecular weight excluding hydrogens is 408 g/mol. The van der Waals surface area contributed by atoms with Crippen LogP contribution in [0, 0.1) is 0 Å². The summed E-state index contributed by atoms with van der Waals surface area (Å²) in [5.41, 5.74) is 2.29. The third kappa shape index (κ3) is 4.64. The predicted octanol–water partition coefficient (Wildman–Crippen LogP) is 3.92. The molecule has 4 rings (SSSR count). The van der Waals surface area contributed by atoms with Crippen LogP contribution in [0.2, 0.25) is 0 Å². The van der Waals surface area contributed by atoms with E-state index in [-0.39, 0.29) is 11.8 Å². The zero-order chi connectivity index (χ0) is 20.2. The van der Waals surface area contributed by atoms with Crippen LogP contribution < -0.4 is 15.5 Å². The summed E-state index contributed by atoms with van der Waals surface area (Å²) in [4.78, 5) is 31.9. The molecule has 1 aliphatic rings. The first-order valence-electron chi connectivity index (χ1n) is 9.16. The standard InChI is InChI=1S/C20H20N4O3S2/c1-13(25)21-19-17(16-3-2-12-28-16)22-20(29-19)23-18(26)14-4-6-15(7-5-14)24-8-10-27-11-9-24/h2-7,12H,8-11H2,1H3,(H,21,25)(H,22,23,26). The van der Waals surface area contributed by atoms with E-state index in [2.05, 4.69) is 20.5 Å². The second-order valence-electron chi connectivity index (χ2n) is 6.46. The number of nitrogens with zero attached hydrogens (tertiary/aromatic N) is 2. The van der Waals surface area contributed by atoms with Gasteiger partial charge in [-0.05, 0) is 35.7 Å². The number of nitrogens with one attached hydrogen (secondary N) is 2. The number of anilines is 3. The summed E-state index contributed by atoms with van der Waals surface area (Å²) in [6, 6.07) is 11.4. The van der Waals surface area contributed by atoms with Crippen molar-refractivity contribution in [3.05, 3.63) is 47.3 Å². The lowest BCUT2D eigenvalue weighted by atomic mass is 10.2. The van der Waals surface area contributed by atoms with Crippen LogP contribution in [0.3, 0.4) is 0 Å². The van der Waals surface area contributed by atoms with Crippen molar-refractivity contribution in [3.8, 4) is 10.6 Å². The predicted molar refractivity (Wildman–Crippen MR) is 117 cm³/mol. The van der Waals surface area contributed by atoms with Crippen molar-refractivity contribution in [1.82, 2.24) is 4.98 Å². The van der Waals surface area contributed by atoms with Crippen molar-refractivity contribution in [2.24, 2.45) is 0 Å². The average molecular weight is 429 g/mol. The molecule has 29 heavy (non-hydrogen) atoms. The number of morpholine rings is 1. The molecule has 0 aliphatic carbocycles. The summed E-state index contributed by atoms with van der Waals surface area (Å²) in [5.74, 6) is -0.414. The molecule has 3 heterocycles. The number of carbonyl (C=O) groups excluding carboxylic acids is 2. The Morgan fingerprint density at radius 3 is 2.52 bits per heavy atom. The Hall–Kier alpha value is -2.75. The Morgan fingerprint density at radius 1 is 1.10 bits per heavy atom. The first-order chi connectivity index (χ1) is 14.1. The lowest BCUT2D eigenvalue weighted by Crippen LogP contribution is -2.36. The maximum Gasteiger partial charge on any atom is 0.257 e. The normalized spacial score (nSPS) is 13.9. The molecule has 0 spiro atoms. The average Bonchev–Trinajstić information content (AvgIpc) is 3.38. The van der Waals surface area contributed by atoms with Crippen molar-refractivity contribution in [1.29, 1.82) is 0 Å². The molecule has 3 aromatic rings. The van der Waals surface area contributed by atoms with Gasteiger partial charge in [-0.3, -0.25) is 14.9 Å². The highest BCUT2D eigenvalue weighted by Crippen LogP contribution is 2.38. The van der Waals surface area contributed by atoms with Crippen molar-refractivity contribution >= 4 is 50.3 Å². The van der Waals surface area contributed by atoms with Gasteiger partial charge >= 0.3 is 0 Å². The van der Waals surface area contributed by atoms with Crippen LogP contribution in [0.25, 0.3) is 10.6 Å². The molecule has 0 saturated carbocycles. The van der Waals surface area contributed by atoms with Crippen LogP contribution in [0.15, 0.2) is 41.8 Å². The molecule has 0 bridgehead atoms. The summed E-state index contributed by atoms with van der Waals surface area (Å²) in [6.45, 7) is 4.58. The third-order valence-corrected chi connectivity index (χ3v) is 6.16. The van der Waals surface area contributed by atoms with Crippen molar-refractivity contribution < 1.29 is 14.3 Å². The van der Waals surface area contributed by atoms with E-state index in [1.165, 1.54) is 29.6 Å². The lowest BCUT2D eigenvalue weighted by Gasteiger charge is -2.28. The summed E-state index contributed by atoms with van der Waals surface area (Å²) in [7, 11) is 0. The Balaban J connectivity index is 1.50. The van der Waals surface area contributed by atoms with Crippen molar-refractivity contribution in [2.45, 2.75) is 6.92 Å². The highest BCUT2D eigenvalue weighted by molar-refractivity contribution is 7.21. The number of thiazole rings is 1. The minimum Gasteiger partial charge on any atom is -0.378 e. The van der Waals surface area contributed by atoms with E-state index in [9.17, 15) is 9.59 Å². The summed E-state index contributed by atoms with van der Waals surface area (Å²) in [5, 5.41) is 8.65. The Kier molecular flexibility index (Phi) is 5.89. The molecule has 1 fully saturated rings. The van der Waals surface area contributed by atoms with Gasteiger partial charge in [0.1, 0.15) is 10.7 Å². The molecule has 2 amide bonds. The molecule has 0 unspecified atom stereocenters. The van der Waals surface area contributed by atoms with Gasteiger partial charge in [0.05, 0.1) is 18.1 Å². The molecule has 9 heteroatoms. The minimum absolute atomic E-state index is 0.178. The van der Waals surface area contributed by atoms with E-state index in [1.54, 1.807) is 0 Å². The van der Waals surface area contributed by atoms with Crippen LogP contribution in [-0.4, -0.2) is 43.1 Å². The first-order valence-corrected chi connectivity index (χ1v) is 10.9. The molecule has 2 N–H and O–H groups in total. The Morgan fingerprint density at radius 2 is 1.86 bits per heavy atom. The van der Waals surface area contributed by atoms with E-state index < -0.39 is 0 Å². The number of thiophene rings is 1. The summed E-state index contributed by atoms with van der Waals surface area (Å²) >= 11 is 2.77.